The highest BCUT2D eigenvalue weighted by molar-refractivity contribution is 5.36. The number of aryl methyl sites for hydroxylation is 2. The molecule has 0 aliphatic heterocycles. The van der Waals surface area contributed by atoms with Gasteiger partial charge in [-0.3, -0.25) is 0 Å². The average molecular weight is 269 g/mol. The van der Waals surface area contributed by atoms with Crippen molar-refractivity contribution >= 4 is 0 Å². The van der Waals surface area contributed by atoms with E-state index < -0.39 is 0 Å². The largest absolute Gasteiger partial charge is 0.496 e. The summed E-state index contributed by atoms with van der Waals surface area (Å²) in [6, 6.07) is 15.0. The number of para-hydroxylation sites is 1. The zero-order valence-electron chi connectivity index (χ0n) is 12.7. The quantitative estimate of drug-likeness (QED) is 0.880. The lowest BCUT2D eigenvalue weighted by atomic mass is 10.0. The second-order valence-electron chi connectivity index (χ2n) is 5.27. The van der Waals surface area contributed by atoms with Crippen LogP contribution in [0.25, 0.3) is 0 Å². The van der Waals surface area contributed by atoms with Crippen molar-refractivity contribution in [3.05, 3.63) is 64.7 Å². The van der Waals surface area contributed by atoms with E-state index in [1.54, 1.807) is 7.11 Å². The van der Waals surface area contributed by atoms with Gasteiger partial charge < -0.3 is 10.1 Å². The zero-order chi connectivity index (χ0) is 14.5. The molecule has 2 heteroatoms. The van der Waals surface area contributed by atoms with E-state index in [0.717, 1.165) is 12.3 Å². The van der Waals surface area contributed by atoms with Crippen LogP contribution < -0.4 is 10.1 Å². The Morgan fingerprint density at radius 3 is 2.55 bits per heavy atom. The van der Waals surface area contributed by atoms with Gasteiger partial charge in [-0.05, 0) is 38.0 Å². The highest BCUT2D eigenvalue weighted by atomic mass is 16.5. The Labute approximate surface area is 121 Å². The van der Waals surface area contributed by atoms with Crippen LogP contribution in [0.1, 0.15) is 35.2 Å². The third kappa shape index (κ3) is 3.40. The summed E-state index contributed by atoms with van der Waals surface area (Å²) in [5, 5.41) is 3.57. The van der Waals surface area contributed by atoms with Crippen LogP contribution in [0, 0.1) is 13.8 Å². The van der Waals surface area contributed by atoms with E-state index in [9.17, 15) is 0 Å². The summed E-state index contributed by atoms with van der Waals surface area (Å²) in [5.41, 5.74) is 5.19. The van der Waals surface area contributed by atoms with Crippen LogP contribution >= 0.6 is 0 Å². The van der Waals surface area contributed by atoms with Crippen molar-refractivity contribution in [1.82, 2.24) is 5.32 Å². The molecule has 0 saturated heterocycles. The van der Waals surface area contributed by atoms with E-state index in [1.165, 1.54) is 22.3 Å². The summed E-state index contributed by atoms with van der Waals surface area (Å²) >= 11 is 0. The Kier molecular flexibility index (Phi) is 4.80. The predicted molar refractivity (Wildman–Crippen MR) is 84.2 cm³/mol. The summed E-state index contributed by atoms with van der Waals surface area (Å²) < 4.78 is 5.42. The first kappa shape index (κ1) is 14.6. The van der Waals surface area contributed by atoms with Gasteiger partial charge in [0.05, 0.1) is 7.11 Å². The van der Waals surface area contributed by atoms with Crippen molar-refractivity contribution in [2.45, 2.75) is 33.4 Å². The molecule has 2 rings (SSSR count). The number of hydrogen-bond donors (Lipinski definition) is 1. The van der Waals surface area contributed by atoms with E-state index in [1.807, 2.05) is 18.2 Å². The highest BCUT2D eigenvalue weighted by Gasteiger charge is 2.10. The lowest BCUT2D eigenvalue weighted by Crippen LogP contribution is -2.19. The van der Waals surface area contributed by atoms with Gasteiger partial charge in [0.1, 0.15) is 5.75 Å². The van der Waals surface area contributed by atoms with Crippen LogP contribution in [0.3, 0.4) is 0 Å². The third-order valence-corrected chi connectivity index (χ3v) is 3.70. The smallest absolute Gasteiger partial charge is 0.123 e. The van der Waals surface area contributed by atoms with E-state index in [4.69, 9.17) is 4.74 Å². The molecule has 2 aromatic rings. The van der Waals surface area contributed by atoms with Crippen molar-refractivity contribution in [3.63, 3.8) is 0 Å². The average Bonchev–Trinajstić information content (AvgIpc) is 2.46. The Bertz CT molecular complexity index is 577. The van der Waals surface area contributed by atoms with Gasteiger partial charge in [0.25, 0.3) is 0 Å². The normalized spacial score (nSPS) is 12.2. The molecule has 0 aromatic heterocycles. The summed E-state index contributed by atoms with van der Waals surface area (Å²) in [4.78, 5) is 0. The SMILES string of the molecule is COc1ccccc1[C@H](C)NCc1ccc(C)cc1C. The molecule has 20 heavy (non-hydrogen) atoms. The van der Waals surface area contributed by atoms with Crippen molar-refractivity contribution < 1.29 is 4.74 Å². The number of hydrogen-bond acceptors (Lipinski definition) is 2. The fraction of sp³-hybridized carbons (Fsp3) is 0.333. The minimum absolute atomic E-state index is 0.256. The maximum atomic E-state index is 5.42. The topological polar surface area (TPSA) is 21.3 Å². The number of rotatable bonds is 5. The van der Waals surface area contributed by atoms with Crippen LogP contribution in [-0.2, 0) is 6.54 Å². The zero-order valence-corrected chi connectivity index (χ0v) is 12.7. The van der Waals surface area contributed by atoms with Gasteiger partial charge in [-0.15, -0.1) is 0 Å². The van der Waals surface area contributed by atoms with Gasteiger partial charge in [0, 0.05) is 18.2 Å². The number of ether oxygens (including phenoxy) is 1. The minimum atomic E-state index is 0.256. The Morgan fingerprint density at radius 2 is 1.85 bits per heavy atom. The third-order valence-electron chi connectivity index (χ3n) is 3.70. The molecule has 0 saturated carbocycles. The molecule has 0 unspecified atom stereocenters. The predicted octanol–water partition coefficient (Wildman–Crippen LogP) is 4.16. The van der Waals surface area contributed by atoms with Crippen LogP contribution in [0.15, 0.2) is 42.5 Å². The first-order chi connectivity index (χ1) is 9.61. The molecule has 0 aliphatic rings. The monoisotopic (exact) mass is 269 g/mol. The van der Waals surface area contributed by atoms with Gasteiger partial charge >= 0.3 is 0 Å². The van der Waals surface area contributed by atoms with E-state index in [-0.39, 0.29) is 6.04 Å². The van der Waals surface area contributed by atoms with Gasteiger partial charge in [-0.25, -0.2) is 0 Å². The van der Waals surface area contributed by atoms with E-state index in [2.05, 4.69) is 50.4 Å². The van der Waals surface area contributed by atoms with E-state index >= 15 is 0 Å². The molecule has 0 aliphatic carbocycles. The van der Waals surface area contributed by atoms with Crippen molar-refractivity contribution in [2.75, 3.05) is 7.11 Å². The summed E-state index contributed by atoms with van der Waals surface area (Å²) in [6.07, 6.45) is 0. The Morgan fingerprint density at radius 1 is 1.10 bits per heavy atom. The molecule has 1 atom stereocenters. The molecular weight excluding hydrogens is 246 g/mol. The molecule has 1 N–H and O–H groups in total. The molecule has 106 valence electrons. The molecular formula is C18H23NO. The van der Waals surface area contributed by atoms with E-state index in [0.29, 0.717) is 0 Å². The number of benzene rings is 2. The Balaban J connectivity index is 2.06. The van der Waals surface area contributed by atoms with Crippen LogP contribution in [0.5, 0.6) is 5.75 Å². The lowest BCUT2D eigenvalue weighted by molar-refractivity contribution is 0.401. The van der Waals surface area contributed by atoms with Crippen molar-refractivity contribution in [2.24, 2.45) is 0 Å². The van der Waals surface area contributed by atoms with Gasteiger partial charge in [0.2, 0.25) is 0 Å². The number of nitrogens with one attached hydrogen (secondary N) is 1. The first-order valence-corrected chi connectivity index (χ1v) is 7.04. The van der Waals surface area contributed by atoms with Crippen LogP contribution in [0.4, 0.5) is 0 Å². The standard InChI is InChI=1S/C18H23NO/c1-13-9-10-16(14(2)11-13)12-19-15(3)17-7-5-6-8-18(17)20-4/h5-11,15,19H,12H2,1-4H3/t15-/m0/s1. The van der Waals surface area contributed by atoms with Gasteiger partial charge in [0.15, 0.2) is 0 Å². The number of methoxy groups -OCH3 is 1. The molecule has 0 radical (unpaired) electrons. The molecule has 0 amide bonds. The molecule has 0 heterocycles. The maximum absolute atomic E-state index is 5.42. The molecule has 0 spiro atoms. The van der Waals surface area contributed by atoms with Gasteiger partial charge in [-0.2, -0.15) is 0 Å². The summed E-state index contributed by atoms with van der Waals surface area (Å²) in [5.74, 6) is 0.938. The maximum Gasteiger partial charge on any atom is 0.123 e. The van der Waals surface area contributed by atoms with Gasteiger partial charge in [-0.1, -0.05) is 42.0 Å². The fourth-order valence-electron chi connectivity index (χ4n) is 2.44. The van der Waals surface area contributed by atoms with Crippen molar-refractivity contribution in [3.8, 4) is 5.75 Å². The second kappa shape index (κ2) is 6.58. The van der Waals surface area contributed by atoms with Crippen LogP contribution in [-0.4, -0.2) is 7.11 Å². The molecule has 2 aromatic carbocycles. The summed E-state index contributed by atoms with van der Waals surface area (Å²) in [7, 11) is 1.72. The minimum Gasteiger partial charge on any atom is -0.496 e. The first-order valence-electron chi connectivity index (χ1n) is 7.04. The highest BCUT2D eigenvalue weighted by Crippen LogP contribution is 2.24. The Hall–Kier alpha value is -1.80. The second-order valence-corrected chi connectivity index (χ2v) is 5.27. The molecule has 0 fully saturated rings. The van der Waals surface area contributed by atoms with Crippen molar-refractivity contribution in [1.29, 1.82) is 0 Å². The van der Waals surface area contributed by atoms with Crippen LogP contribution in [0.2, 0.25) is 0 Å². The molecule has 0 bridgehead atoms. The fourth-order valence-corrected chi connectivity index (χ4v) is 2.44. The molecule has 2 nitrogen and oxygen atoms in total. The lowest BCUT2D eigenvalue weighted by Gasteiger charge is -2.18. The summed E-state index contributed by atoms with van der Waals surface area (Å²) in [6.45, 7) is 7.33.